The third kappa shape index (κ3) is 4.95. The van der Waals surface area contributed by atoms with E-state index in [0.717, 1.165) is 10.9 Å². The van der Waals surface area contributed by atoms with Gasteiger partial charge in [0.1, 0.15) is 5.82 Å². The first-order valence-corrected chi connectivity index (χ1v) is 9.12. The lowest BCUT2D eigenvalue weighted by molar-refractivity contribution is -0.117. The highest BCUT2D eigenvalue weighted by molar-refractivity contribution is 9.10. The molecule has 0 saturated carbocycles. The molecule has 1 amide bonds. The van der Waals surface area contributed by atoms with Crippen LogP contribution < -0.4 is 14.8 Å². The van der Waals surface area contributed by atoms with Crippen molar-refractivity contribution in [3.05, 3.63) is 52.3 Å². The van der Waals surface area contributed by atoms with E-state index in [0.29, 0.717) is 42.5 Å². The number of nitrogens with one attached hydrogen (secondary N) is 1. The number of rotatable bonds is 5. The monoisotopic (exact) mass is 422 g/mol. The minimum Gasteiger partial charge on any atom is -0.490 e. The standard InChI is InChI=1S/C19H20BrFN2O3/c1-23(11-13-9-14(20)3-5-16(13)21)12-19(24)22-15-4-6-17-18(10-15)26-8-2-7-25-17/h3-6,9-10H,2,7-8,11-12H2,1H3,(H,22,24). The Hall–Kier alpha value is -2.12. The van der Waals surface area contributed by atoms with E-state index >= 15 is 0 Å². The number of fused-ring (bicyclic) bond motifs is 1. The van der Waals surface area contributed by atoms with E-state index in [1.54, 1.807) is 42.3 Å². The van der Waals surface area contributed by atoms with Gasteiger partial charge in [0, 0.05) is 34.8 Å². The Morgan fingerprint density at radius 2 is 1.96 bits per heavy atom. The number of hydrogen-bond donors (Lipinski definition) is 1. The largest absolute Gasteiger partial charge is 0.490 e. The van der Waals surface area contributed by atoms with Crippen molar-refractivity contribution < 1.29 is 18.7 Å². The molecule has 0 aliphatic carbocycles. The molecule has 1 aliphatic rings. The lowest BCUT2D eigenvalue weighted by atomic mass is 10.2. The molecule has 0 aromatic heterocycles. The third-order valence-corrected chi connectivity index (χ3v) is 4.39. The first kappa shape index (κ1) is 18.7. The topological polar surface area (TPSA) is 50.8 Å². The van der Waals surface area contributed by atoms with E-state index in [-0.39, 0.29) is 18.3 Å². The van der Waals surface area contributed by atoms with Crippen LogP contribution in [0.15, 0.2) is 40.9 Å². The number of halogens is 2. The van der Waals surface area contributed by atoms with Gasteiger partial charge in [0.15, 0.2) is 11.5 Å². The molecule has 0 atom stereocenters. The van der Waals surface area contributed by atoms with Crippen LogP contribution in [0.25, 0.3) is 0 Å². The third-order valence-electron chi connectivity index (χ3n) is 3.89. The summed E-state index contributed by atoms with van der Waals surface area (Å²) in [7, 11) is 1.77. The quantitative estimate of drug-likeness (QED) is 0.795. The van der Waals surface area contributed by atoms with Crippen molar-refractivity contribution in [2.45, 2.75) is 13.0 Å². The predicted molar refractivity (Wildman–Crippen MR) is 101 cm³/mol. The highest BCUT2D eigenvalue weighted by Crippen LogP contribution is 2.32. The molecule has 2 aromatic rings. The van der Waals surface area contributed by atoms with Gasteiger partial charge in [0.2, 0.25) is 5.91 Å². The van der Waals surface area contributed by atoms with Gasteiger partial charge in [0.25, 0.3) is 0 Å². The molecule has 0 saturated heterocycles. The molecule has 138 valence electrons. The predicted octanol–water partition coefficient (Wildman–Crippen LogP) is 3.82. The fourth-order valence-corrected chi connectivity index (χ4v) is 3.11. The Balaban J connectivity index is 1.58. The van der Waals surface area contributed by atoms with Gasteiger partial charge < -0.3 is 14.8 Å². The second-order valence-electron chi connectivity index (χ2n) is 6.17. The number of amides is 1. The molecule has 2 aromatic carbocycles. The molecule has 0 unspecified atom stereocenters. The zero-order chi connectivity index (χ0) is 18.5. The molecule has 0 bridgehead atoms. The molecule has 1 heterocycles. The van der Waals surface area contributed by atoms with Crippen LogP contribution in [-0.4, -0.2) is 37.6 Å². The molecule has 5 nitrogen and oxygen atoms in total. The van der Waals surface area contributed by atoms with Crippen LogP contribution >= 0.6 is 15.9 Å². The average Bonchev–Trinajstić information content (AvgIpc) is 2.83. The van der Waals surface area contributed by atoms with E-state index in [2.05, 4.69) is 21.2 Å². The van der Waals surface area contributed by atoms with Gasteiger partial charge in [-0.05, 0) is 37.4 Å². The lowest BCUT2D eigenvalue weighted by Gasteiger charge is -2.17. The molecule has 3 rings (SSSR count). The maximum absolute atomic E-state index is 13.8. The minimum atomic E-state index is -0.289. The number of ether oxygens (including phenoxy) is 2. The summed E-state index contributed by atoms with van der Waals surface area (Å²) in [5.74, 6) is 0.841. The molecule has 0 fully saturated rings. The number of hydrogen-bond acceptors (Lipinski definition) is 4. The van der Waals surface area contributed by atoms with Crippen LogP contribution in [0, 0.1) is 5.82 Å². The van der Waals surface area contributed by atoms with Crippen LogP contribution in [0.3, 0.4) is 0 Å². The second kappa shape index (κ2) is 8.51. The fraction of sp³-hybridized carbons (Fsp3) is 0.316. The zero-order valence-electron chi connectivity index (χ0n) is 14.4. The van der Waals surface area contributed by atoms with Crippen molar-refractivity contribution in [2.24, 2.45) is 0 Å². The molecule has 1 N–H and O–H groups in total. The molecule has 26 heavy (non-hydrogen) atoms. The highest BCUT2D eigenvalue weighted by Gasteiger charge is 2.14. The van der Waals surface area contributed by atoms with Crippen molar-refractivity contribution in [3.8, 4) is 11.5 Å². The Labute approximate surface area is 160 Å². The van der Waals surface area contributed by atoms with Gasteiger partial charge in [-0.25, -0.2) is 4.39 Å². The van der Waals surface area contributed by atoms with Gasteiger partial charge in [-0.1, -0.05) is 15.9 Å². The van der Waals surface area contributed by atoms with Crippen molar-refractivity contribution in [3.63, 3.8) is 0 Å². The van der Waals surface area contributed by atoms with Crippen LogP contribution in [0.4, 0.5) is 10.1 Å². The van der Waals surface area contributed by atoms with E-state index in [1.165, 1.54) is 6.07 Å². The fourth-order valence-electron chi connectivity index (χ4n) is 2.70. The first-order chi connectivity index (χ1) is 12.5. The van der Waals surface area contributed by atoms with Crippen molar-refractivity contribution in [1.82, 2.24) is 4.90 Å². The second-order valence-corrected chi connectivity index (χ2v) is 7.08. The maximum atomic E-state index is 13.8. The van der Waals surface area contributed by atoms with Crippen LogP contribution in [0.2, 0.25) is 0 Å². The Morgan fingerprint density at radius 3 is 2.77 bits per heavy atom. The van der Waals surface area contributed by atoms with Gasteiger partial charge in [-0.3, -0.25) is 9.69 Å². The smallest absolute Gasteiger partial charge is 0.238 e. The number of carbonyl (C=O) groups excluding carboxylic acids is 1. The molecule has 0 spiro atoms. The van der Waals surface area contributed by atoms with Gasteiger partial charge >= 0.3 is 0 Å². The van der Waals surface area contributed by atoms with Crippen LogP contribution in [-0.2, 0) is 11.3 Å². The van der Waals surface area contributed by atoms with Gasteiger partial charge in [-0.2, -0.15) is 0 Å². The summed E-state index contributed by atoms with van der Waals surface area (Å²) in [6, 6.07) is 10.1. The summed E-state index contributed by atoms with van der Waals surface area (Å²) in [5, 5.41) is 2.84. The van der Waals surface area contributed by atoms with Crippen molar-refractivity contribution >= 4 is 27.5 Å². The van der Waals surface area contributed by atoms with Gasteiger partial charge in [0.05, 0.1) is 19.8 Å². The van der Waals surface area contributed by atoms with Crippen molar-refractivity contribution in [1.29, 1.82) is 0 Å². The summed E-state index contributed by atoms with van der Waals surface area (Å²) in [6.45, 7) is 1.68. The van der Waals surface area contributed by atoms with E-state index < -0.39 is 0 Å². The Morgan fingerprint density at radius 1 is 1.19 bits per heavy atom. The normalized spacial score (nSPS) is 13.4. The molecular formula is C19H20BrFN2O3. The lowest BCUT2D eigenvalue weighted by Crippen LogP contribution is -2.30. The van der Waals surface area contributed by atoms with Crippen LogP contribution in [0.5, 0.6) is 11.5 Å². The number of benzene rings is 2. The average molecular weight is 423 g/mol. The maximum Gasteiger partial charge on any atom is 0.238 e. The van der Waals surface area contributed by atoms with Crippen LogP contribution in [0.1, 0.15) is 12.0 Å². The summed E-state index contributed by atoms with van der Waals surface area (Å²) in [6.07, 6.45) is 0.827. The number of nitrogens with zero attached hydrogens (tertiary/aromatic N) is 1. The molecule has 1 aliphatic heterocycles. The molecule has 0 radical (unpaired) electrons. The SMILES string of the molecule is CN(CC(=O)Nc1ccc2c(c1)OCCCO2)Cc1cc(Br)ccc1F. The van der Waals surface area contributed by atoms with E-state index in [1.807, 2.05) is 0 Å². The van der Waals surface area contributed by atoms with Crippen molar-refractivity contribution in [2.75, 3.05) is 32.1 Å². The summed E-state index contributed by atoms with van der Waals surface area (Å²) in [4.78, 5) is 14.0. The summed E-state index contributed by atoms with van der Waals surface area (Å²) < 4.78 is 25.8. The summed E-state index contributed by atoms with van der Waals surface area (Å²) >= 11 is 3.33. The van der Waals surface area contributed by atoms with E-state index in [9.17, 15) is 9.18 Å². The van der Waals surface area contributed by atoms with Gasteiger partial charge in [-0.15, -0.1) is 0 Å². The molecular weight excluding hydrogens is 403 g/mol. The Bertz CT molecular complexity index is 800. The minimum absolute atomic E-state index is 0.139. The highest BCUT2D eigenvalue weighted by atomic mass is 79.9. The zero-order valence-corrected chi connectivity index (χ0v) is 16.0. The number of anilines is 1. The Kier molecular flexibility index (Phi) is 6.11. The van der Waals surface area contributed by atoms with E-state index in [4.69, 9.17) is 9.47 Å². The summed E-state index contributed by atoms with van der Waals surface area (Å²) in [5.41, 5.74) is 1.17. The number of likely N-dealkylation sites (N-methyl/N-ethyl adjacent to an activating group) is 1. The first-order valence-electron chi connectivity index (χ1n) is 8.33. The number of carbonyl (C=O) groups is 1. The molecule has 7 heteroatoms.